The van der Waals surface area contributed by atoms with Gasteiger partial charge in [0.15, 0.2) is 0 Å². The Morgan fingerprint density at radius 2 is 2.00 bits per heavy atom. The first-order valence-corrected chi connectivity index (χ1v) is 6.26. The third kappa shape index (κ3) is 2.29. The van der Waals surface area contributed by atoms with E-state index in [0.29, 0.717) is 0 Å². The highest BCUT2D eigenvalue weighted by atomic mass is 15.1. The van der Waals surface area contributed by atoms with Gasteiger partial charge in [-0.1, -0.05) is 12.5 Å². The molecule has 0 heterocycles. The second-order valence-corrected chi connectivity index (χ2v) is 5.37. The van der Waals surface area contributed by atoms with Crippen molar-refractivity contribution in [1.82, 2.24) is 0 Å². The lowest BCUT2D eigenvalue weighted by Crippen LogP contribution is -2.39. The number of rotatable bonds is 3. The first kappa shape index (κ1) is 12.0. The maximum Gasteiger partial charge on any atom is 0.0748 e. The molecule has 0 aliphatic heterocycles. The highest BCUT2D eigenvalue weighted by Crippen LogP contribution is 2.41. The minimum atomic E-state index is -0.0897. The molecule has 0 unspecified atom stereocenters. The van der Waals surface area contributed by atoms with E-state index in [1.54, 1.807) is 0 Å². The summed E-state index contributed by atoms with van der Waals surface area (Å²) in [7, 11) is 2.08. The van der Waals surface area contributed by atoms with E-state index in [9.17, 15) is 5.26 Å². The van der Waals surface area contributed by atoms with Gasteiger partial charge in [-0.3, -0.25) is 0 Å². The molecule has 2 heteroatoms. The van der Waals surface area contributed by atoms with Gasteiger partial charge in [0.25, 0.3) is 0 Å². The lowest BCUT2D eigenvalue weighted by molar-refractivity contribution is 0.223. The van der Waals surface area contributed by atoms with E-state index in [1.165, 1.54) is 23.2 Å². The minimum Gasteiger partial charge on any atom is -0.373 e. The molecule has 0 amide bonds. The monoisotopic (exact) mass is 228 g/mol. The zero-order valence-corrected chi connectivity index (χ0v) is 11.0. The molecule has 2 rings (SSSR count). The van der Waals surface area contributed by atoms with Crippen LogP contribution in [0.15, 0.2) is 18.2 Å². The molecular weight excluding hydrogens is 208 g/mol. The number of nitrogens with zero attached hydrogens (tertiary/aromatic N) is 2. The Morgan fingerprint density at radius 3 is 2.47 bits per heavy atom. The van der Waals surface area contributed by atoms with Gasteiger partial charge in [-0.25, -0.2) is 0 Å². The predicted molar refractivity (Wildman–Crippen MR) is 71.1 cm³/mol. The van der Waals surface area contributed by atoms with E-state index in [-0.39, 0.29) is 5.41 Å². The number of anilines is 1. The van der Waals surface area contributed by atoms with Crippen molar-refractivity contribution in [1.29, 1.82) is 5.26 Å². The molecule has 2 nitrogen and oxygen atoms in total. The highest BCUT2D eigenvalue weighted by molar-refractivity contribution is 5.50. The van der Waals surface area contributed by atoms with Crippen LogP contribution in [0.5, 0.6) is 0 Å². The lowest BCUT2D eigenvalue weighted by atomic mass is 9.69. The number of aryl methyl sites for hydroxylation is 2. The van der Waals surface area contributed by atoms with Gasteiger partial charge in [-0.15, -0.1) is 0 Å². The molecule has 0 spiro atoms. The van der Waals surface area contributed by atoms with Gasteiger partial charge in [0.1, 0.15) is 0 Å². The summed E-state index contributed by atoms with van der Waals surface area (Å²) in [5.74, 6) is 0. The summed E-state index contributed by atoms with van der Waals surface area (Å²) in [5.41, 5.74) is 3.76. The molecule has 1 fully saturated rings. The summed E-state index contributed by atoms with van der Waals surface area (Å²) in [6.45, 7) is 5.11. The molecule has 0 N–H and O–H groups in total. The van der Waals surface area contributed by atoms with E-state index in [4.69, 9.17) is 0 Å². The molecule has 17 heavy (non-hydrogen) atoms. The van der Waals surface area contributed by atoms with Crippen molar-refractivity contribution in [2.45, 2.75) is 33.1 Å². The first-order valence-electron chi connectivity index (χ1n) is 6.26. The quantitative estimate of drug-likeness (QED) is 0.792. The Balaban J connectivity index is 2.12. The molecule has 0 radical (unpaired) electrons. The van der Waals surface area contributed by atoms with Crippen LogP contribution < -0.4 is 4.90 Å². The van der Waals surface area contributed by atoms with Crippen LogP contribution in [0.2, 0.25) is 0 Å². The average Bonchev–Trinajstić information content (AvgIpc) is 2.27. The van der Waals surface area contributed by atoms with Crippen molar-refractivity contribution in [3.05, 3.63) is 29.3 Å². The zero-order valence-electron chi connectivity index (χ0n) is 11.0. The van der Waals surface area contributed by atoms with Gasteiger partial charge in [-0.2, -0.15) is 5.26 Å². The minimum absolute atomic E-state index is 0.0897. The fourth-order valence-electron chi connectivity index (χ4n) is 2.42. The van der Waals surface area contributed by atoms with E-state index >= 15 is 0 Å². The molecule has 1 aromatic rings. The SMILES string of the molecule is Cc1ccc(N(C)CC2(C#N)CCC2)cc1C. The van der Waals surface area contributed by atoms with E-state index in [0.717, 1.165) is 19.4 Å². The fourth-order valence-corrected chi connectivity index (χ4v) is 2.42. The van der Waals surface area contributed by atoms with Gasteiger partial charge in [0.05, 0.1) is 11.5 Å². The molecular formula is C15H20N2. The first-order chi connectivity index (χ1) is 8.06. The normalized spacial score (nSPS) is 17.1. The summed E-state index contributed by atoms with van der Waals surface area (Å²) in [6, 6.07) is 9.01. The van der Waals surface area contributed by atoms with Crippen LogP contribution in [0, 0.1) is 30.6 Å². The topological polar surface area (TPSA) is 27.0 Å². The van der Waals surface area contributed by atoms with E-state index in [2.05, 4.69) is 50.1 Å². The molecule has 1 aliphatic rings. The molecule has 0 saturated heterocycles. The second kappa shape index (κ2) is 4.41. The third-order valence-corrected chi connectivity index (χ3v) is 4.02. The van der Waals surface area contributed by atoms with Crippen LogP contribution in [0.1, 0.15) is 30.4 Å². The fraction of sp³-hybridized carbons (Fsp3) is 0.533. The molecule has 0 bridgehead atoms. The average molecular weight is 228 g/mol. The molecule has 0 atom stereocenters. The Labute approximate surface area is 104 Å². The Morgan fingerprint density at radius 1 is 1.29 bits per heavy atom. The smallest absolute Gasteiger partial charge is 0.0748 e. The maximum absolute atomic E-state index is 9.25. The van der Waals surface area contributed by atoms with Crippen molar-refractivity contribution in [3.8, 4) is 6.07 Å². The standard InChI is InChI=1S/C15H20N2/c1-12-5-6-14(9-13(12)2)17(3)11-15(10-16)7-4-8-15/h5-6,9H,4,7-8,11H2,1-3H3. The van der Waals surface area contributed by atoms with Crippen LogP contribution in [-0.4, -0.2) is 13.6 Å². The third-order valence-electron chi connectivity index (χ3n) is 4.02. The largest absolute Gasteiger partial charge is 0.373 e. The Kier molecular flexibility index (Phi) is 3.11. The molecule has 1 aromatic carbocycles. The Bertz CT molecular complexity index is 452. The predicted octanol–water partition coefficient (Wildman–Crippen LogP) is 3.43. The van der Waals surface area contributed by atoms with Crippen LogP contribution in [0.4, 0.5) is 5.69 Å². The van der Waals surface area contributed by atoms with Crippen LogP contribution in [-0.2, 0) is 0 Å². The van der Waals surface area contributed by atoms with Gasteiger partial charge >= 0.3 is 0 Å². The van der Waals surface area contributed by atoms with Gasteiger partial charge < -0.3 is 4.90 Å². The summed E-state index contributed by atoms with van der Waals surface area (Å²) in [4.78, 5) is 2.22. The lowest BCUT2D eigenvalue weighted by Gasteiger charge is -2.39. The van der Waals surface area contributed by atoms with Crippen molar-refractivity contribution in [2.24, 2.45) is 5.41 Å². The summed E-state index contributed by atoms with van der Waals surface area (Å²) >= 11 is 0. The van der Waals surface area contributed by atoms with Gasteiger partial charge in [0, 0.05) is 19.3 Å². The summed E-state index contributed by atoms with van der Waals surface area (Å²) < 4.78 is 0. The molecule has 1 saturated carbocycles. The van der Waals surface area contributed by atoms with Crippen molar-refractivity contribution < 1.29 is 0 Å². The Hall–Kier alpha value is -1.49. The number of benzene rings is 1. The van der Waals surface area contributed by atoms with Crippen LogP contribution >= 0.6 is 0 Å². The molecule has 1 aliphatic carbocycles. The van der Waals surface area contributed by atoms with Crippen molar-refractivity contribution in [3.63, 3.8) is 0 Å². The van der Waals surface area contributed by atoms with Crippen LogP contribution in [0.3, 0.4) is 0 Å². The maximum atomic E-state index is 9.25. The van der Waals surface area contributed by atoms with Crippen LogP contribution in [0.25, 0.3) is 0 Å². The van der Waals surface area contributed by atoms with Gasteiger partial charge in [0.2, 0.25) is 0 Å². The van der Waals surface area contributed by atoms with E-state index < -0.39 is 0 Å². The van der Waals surface area contributed by atoms with E-state index in [1.807, 2.05) is 0 Å². The number of nitriles is 1. The highest BCUT2D eigenvalue weighted by Gasteiger charge is 2.38. The van der Waals surface area contributed by atoms with Crippen molar-refractivity contribution in [2.75, 3.05) is 18.5 Å². The van der Waals surface area contributed by atoms with Crippen molar-refractivity contribution >= 4 is 5.69 Å². The zero-order chi connectivity index (χ0) is 12.5. The summed E-state index contributed by atoms with van der Waals surface area (Å²) in [5, 5.41) is 9.25. The number of hydrogen-bond donors (Lipinski definition) is 0. The molecule has 90 valence electrons. The summed E-state index contributed by atoms with van der Waals surface area (Å²) in [6.07, 6.45) is 3.31. The molecule has 0 aromatic heterocycles. The number of hydrogen-bond acceptors (Lipinski definition) is 2. The second-order valence-electron chi connectivity index (χ2n) is 5.37. The van der Waals surface area contributed by atoms with Gasteiger partial charge in [-0.05, 0) is 49.9 Å².